The Morgan fingerprint density at radius 1 is 1.33 bits per heavy atom. The number of halogens is 1. The van der Waals surface area contributed by atoms with Crippen LogP contribution in [-0.4, -0.2) is 5.33 Å². The van der Waals surface area contributed by atoms with Gasteiger partial charge in [0.2, 0.25) is 0 Å². The van der Waals surface area contributed by atoms with E-state index in [0.717, 1.165) is 5.56 Å². The molecule has 0 spiro atoms. The Kier molecular flexibility index (Phi) is 3.01. The smallest absolute Gasteiger partial charge is 0.0706 e. The SMILES string of the molecule is Nc1cccc(C#CCBr)c1N. The monoisotopic (exact) mass is 224 g/mol. The zero-order valence-corrected chi connectivity index (χ0v) is 8.06. The number of rotatable bonds is 0. The number of nitrogens with two attached hydrogens (primary N) is 2. The number of alkyl halides is 1. The minimum atomic E-state index is 0.561. The maximum atomic E-state index is 5.68. The van der Waals surface area contributed by atoms with E-state index in [0.29, 0.717) is 16.7 Å². The third-order valence-electron chi connectivity index (χ3n) is 1.43. The molecule has 3 heteroatoms. The first-order valence-electron chi connectivity index (χ1n) is 3.44. The van der Waals surface area contributed by atoms with Crippen LogP contribution in [0.1, 0.15) is 5.56 Å². The summed E-state index contributed by atoms with van der Waals surface area (Å²) < 4.78 is 0. The Morgan fingerprint density at radius 3 is 2.75 bits per heavy atom. The standard InChI is InChI=1S/C9H9BrN2/c10-6-2-4-7-3-1-5-8(11)9(7)12/h1,3,5H,6,11-12H2. The number of anilines is 2. The summed E-state index contributed by atoms with van der Waals surface area (Å²) in [6, 6.07) is 5.44. The van der Waals surface area contributed by atoms with Crippen molar-refractivity contribution in [3.8, 4) is 11.8 Å². The molecule has 62 valence electrons. The molecule has 1 rings (SSSR count). The summed E-state index contributed by atoms with van der Waals surface area (Å²) in [5.74, 6) is 5.77. The number of hydrogen-bond donors (Lipinski definition) is 2. The van der Waals surface area contributed by atoms with Crippen molar-refractivity contribution >= 4 is 27.3 Å². The van der Waals surface area contributed by atoms with Crippen LogP contribution >= 0.6 is 15.9 Å². The largest absolute Gasteiger partial charge is 0.397 e. The van der Waals surface area contributed by atoms with Gasteiger partial charge in [-0.3, -0.25) is 0 Å². The van der Waals surface area contributed by atoms with Gasteiger partial charge in [0.05, 0.1) is 16.7 Å². The molecule has 0 aromatic heterocycles. The third kappa shape index (κ3) is 1.93. The number of hydrogen-bond acceptors (Lipinski definition) is 2. The number of benzene rings is 1. The topological polar surface area (TPSA) is 52.0 Å². The lowest BCUT2D eigenvalue weighted by Crippen LogP contribution is -1.96. The van der Waals surface area contributed by atoms with E-state index >= 15 is 0 Å². The van der Waals surface area contributed by atoms with Crippen LogP contribution in [0, 0.1) is 11.8 Å². The summed E-state index contributed by atoms with van der Waals surface area (Å²) in [7, 11) is 0. The summed E-state index contributed by atoms with van der Waals surface area (Å²) in [4.78, 5) is 0. The van der Waals surface area contributed by atoms with E-state index in [4.69, 9.17) is 11.5 Å². The van der Waals surface area contributed by atoms with Crippen molar-refractivity contribution in [1.29, 1.82) is 0 Å². The summed E-state index contributed by atoms with van der Waals surface area (Å²) in [6.07, 6.45) is 0. The normalized spacial score (nSPS) is 8.75. The summed E-state index contributed by atoms with van der Waals surface area (Å²) in [5, 5.41) is 0.640. The molecule has 0 radical (unpaired) electrons. The van der Waals surface area contributed by atoms with Crippen LogP contribution < -0.4 is 11.5 Å². The highest BCUT2D eigenvalue weighted by Gasteiger charge is 1.97. The van der Waals surface area contributed by atoms with Crippen molar-refractivity contribution in [2.45, 2.75) is 0 Å². The second-order valence-electron chi connectivity index (χ2n) is 2.24. The minimum Gasteiger partial charge on any atom is -0.397 e. The average molecular weight is 225 g/mol. The molecule has 0 aliphatic rings. The van der Waals surface area contributed by atoms with Gasteiger partial charge in [0.1, 0.15) is 0 Å². The van der Waals surface area contributed by atoms with Crippen LogP contribution in [-0.2, 0) is 0 Å². The van der Waals surface area contributed by atoms with Gasteiger partial charge in [-0.1, -0.05) is 33.8 Å². The van der Waals surface area contributed by atoms with Crippen molar-refractivity contribution < 1.29 is 0 Å². The number of nitrogen functional groups attached to an aromatic ring is 2. The molecule has 0 heterocycles. The molecule has 1 aromatic rings. The van der Waals surface area contributed by atoms with Crippen molar-refractivity contribution in [3.05, 3.63) is 23.8 Å². The number of para-hydroxylation sites is 1. The molecule has 1 aromatic carbocycles. The van der Waals surface area contributed by atoms with E-state index in [1.807, 2.05) is 12.1 Å². The van der Waals surface area contributed by atoms with Gasteiger partial charge in [0, 0.05) is 5.56 Å². The van der Waals surface area contributed by atoms with E-state index in [2.05, 4.69) is 27.8 Å². The molecule has 0 aliphatic heterocycles. The Hall–Kier alpha value is -1.14. The van der Waals surface area contributed by atoms with Crippen LogP contribution in [0.15, 0.2) is 18.2 Å². The van der Waals surface area contributed by atoms with Crippen molar-refractivity contribution in [2.24, 2.45) is 0 Å². The van der Waals surface area contributed by atoms with Gasteiger partial charge < -0.3 is 11.5 Å². The molecule has 0 aliphatic carbocycles. The Labute approximate surface area is 80.1 Å². The Morgan fingerprint density at radius 2 is 2.08 bits per heavy atom. The fraction of sp³-hybridized carbons (Fsp3) is 0.111. The van der Waals surface area contributed by atoms with Crippen LogP contribution in [0.2, 0.25) is 0 Å². The average Bonchev–Trinajstić information content (AvgIpc) is 2.08. The predicted molar refractivity (Wildman–Crippen MR) is 55.9 cm³/mol. The zero-order chi connectivity index (χ0) is 8.97. The Bertz CT molecular complexity index is 336. The van der Waals surface area contributed by atoms with Gasteiger partial charge in [-0.25, -0.2) is 0 Å². The molecular formula is C9H9BrN2. The second-order valence-corrected chi connectivity index (χ2v) is 2.80. The molecule has 0 bridgehead atoms. The predicted octanol–water partition coefficient (Wildman–Crippen LogP) is 1.60. The van der Waals surface area contributed by atoms with Gasteiger partial charge in [0.25, 0.3) is 0 Å². The summed E-state index contributed by atoms with van der Waals surface area (Å²) in [6.45, 7) is 0. The molecule has 2 nitrogen and oxygen atoms in total. The van der Waals surface area contributed by atoms with Crippen LogP contribution in [0.5, 0.6) is 0 Å². The van der Waals surface area contributed by atoms with E-state index in [-0.39, 0.29) is 0 Å². The maximum absolute atomic E-state index is 5.68. The first-order chi connectivity index (χ1) is 5.75. The molecule has 0 unspecified atom stereocenters. The quantitative estimate of drug-likeness (QED) is 0.400. The highest BCUT2D eigenvalue weighted by atomic mass is 79.9. The first-order valence-corrected chi connectivity index (χ1v) is 4.56. The van der Waals surface area contributed by atoms with Gasteiger partial charge in [-0.2, -0.15) is 0 Å². The van der Waals surface area contributed by atoms with Gasteiger partial charge >= 0.3 is 0 Å². The highest BCUT2D eigenvalue weighted by molar-refractivity contribution is 9.09. The molecule has 0 fully saturated rings. The van der Waals surface area contributed by atoms with Gasteiger partial charge in [-0.15, -0.1) is 0 Å². The molecule has 0 amide bonds. The lowest BCUT2D eigenvalue weighted by molar-refractivity contribution is 1.61. The highest BCUT2D eigenvalue weighted by Crippen LogP contribution is 2.17. The molecular weight excluding hydrogens is 216 g/mol. The van der Waals surface area contributed by atoms with Crippen LogP contribution in [0.25, 0.3) is 0 Å². The van der Waals surface area contributed by atoms with Gasteiger partial charge in [0.15, 0.2) is 0 Å². The van der Waals surface area contributed by atoms with E-state index in [9.17, 15) is 0 Å². The minimum absolute atomic E-state index is 0.561. The summed E-state index contributed by atoms with van der Waals surface area (Å²) >= 11 is 3.20. The molecule has 12 heavy (non-hydrogen) atoms. The Balaban J connectivity index is 3.08. The fourth-order valence-corrected chi connectivity index (χ4v) is 0.961. The second kappa shape index (κ2) is 4.03. The molecule has 0 atom stereocenters. The van der Waals surface area contributed by atoms with E-state index < -0.39 is 0 Å². The van der Waals surface area contributed by atoms with E-state index in [1.54, 1.807) is 6.07 Å². The molecule has 4 N–H and O–H groups in total. The third-order valence-corrected chi connectivity index (χ3v) is 1.71. The molecule has 0 saturated carbocycles. The van der Waals surface area contributed by atoms with Gasteiger partial charge in [-0.05, 0) is 12.1 Å². The van der Waals surface area contributed by atoms with Crippen molar-refractivity contribution in [1.82, 2.24) is 0 Å². The van der Waals surface area contributed by atoms with Crippen molar-refractivity contribution in [2.75, 3.05) is 16.8 Å². The fourth-order valence-electron chi connectivity index (χ4n) is 0.821. The zero-order valence-electron chi connectivity index (χ0n) is 6.47. The van der Waals surface area contributed by atoms with Crippen molar-refractivity contribution in [3.63, 3.8) is 0 Å². The van der Waals surface area contributed by atoms with Crippen LogP contribution in [0.4, 0.5) is 11.4 Å². The lowest BCUT2D eigenvalue weighted by Gasteiger charge is -2.00. The molecule has 0 saturated heterocycles. The first kappa shape index (κ1) is 8.95. The lowest BCUT2D eigenvalue weighted by atomic mass is 10.1. The summed E-state index contributed by atoms with van der Waals surface area (Å²) in [5.41, 5.74) is 13.2. The maximum Gasteiger partial charge on any atom is 0.0706 e. The van der Waals surface area contributed by atoms with Crippen LogP contribution in [0.3, 0.4) is 0 Å². The van der Waals surface area contributed by atoms with E-state index in [1.165, 1.54) is 0 Å².